The maximum Gasteiger partial charge on any atom is 0.357 e. The Morgan fingerprint density at radius 3 is 2.81 bits per heavy atom. The molecule has 140 valence electrons. The van der Waals surface area contributed by atoms with Gasteiger partial charge in [0.25, 0.3) is 5.69 Å². The Balaban J connectivity index is 2.28. The third kappa shape index (κ3) is 3.15. The minimum Gasteiger partial charge on any atom is -0.464 e. The van der Waals surface area contributed by atoms with Crippen molar-refractivity contribution in [2.75, 3.05) is 7.11 Å². The lowest BCUT2D eigenvalue weighted by atomic mass is 10.1. The van der Waals surface area contributed by atoms with Crippen LogP contribution in [0.4, 0.5) is 5.69 Å². The number of ether oxygens (including phenoxy) is 1. The van der Waals surface area contributed by atoms with E-state index in [0.29, 0.717) is 4.68 Å². The molecule has 0 amide bonds. The highest BCUT2D eigenvalue weighted by Gasteiger charge is 2.28. The molecule has 11 nitrogen and oxygen atoms in total. The minimum atomic E-state index is -2.88. The number of carbonyl (C=O) groups excluding carboxylic acids is 1. The van der Waals surface area contributed by atoms with Crippen molar-refractivity contribution in [2.45, 2.75) is 6.85 Å². The van der Waals surface area contributed by atoms with E-state index in [1.807, 2.05) is 0 Å². The minimum absolute atomic E-state index is 0.00452. The number of esters is 1. The Kier molecular flexibility index (Phi) is 3.24. The number of nitrogens with zero attached hydrogens (tertiary/aromatic N) is 7. The molecule has 0 N–H and O–H groups in total. The van der Waals surface area contributed by atoms with Gasteiger partial charge in [-0.25, -0.2) is 14.5 Å². The van der Waals surface area contributed by atoms with E-state index in [9.17, 15) is 14.9 Å². The number of aromatic nitrogens is 6. The highest BCUT2D eigenvalue weighted by molar-refractivity contribution is 14.1. The Hall–Kier alpha value is -2.90. The van der Waals surface area contributed by atoms with E-state index in [0.717, 1.165) is 24.1 Å². The fourth-order valence-corrected chi connectivity index (χ4v) is 3.22. The molecular formula is C15H14IN7O4. The normalized spacial score (nSPS) is 15.1. The molecule has 0 atom stereocenters. The second kappa shape index (κ2) is 7.02. The van der Waals surface area contributed by atoms with Gasteiger partial charge >= 0.3 is 5.97 Å². The molecule has 12 heteroatoms. The zero-order valence-corrected chi connectivity index (χ0v) is 16.0. The van der Waals surface area contributed by atoms with E-state index in [1.165, 1.54) is 7.05 Å². The number of aryl methyl sites for hydroxylation is 3. The molecule has 0 aliphatic heterocycles. The first-order valence-electron chi connectivity index (χ1n) is 10.1. The van der Waals surface area contributed by atoms with Gasteiger partial charge in [-0.3, -0.25) is 14.8 Å². The third-order valence-corrected chi connectivity index (χ3v) is 4.62. The van der Waals surface area contributed by atoms with Crippen molar-refractivity contribution in [1.29, 1.82) is 0 Å². The first-order valence-corrected chi connectivity index (χ1v) is 8.19. The molecule has 0 saturated carbocycles. The van der Waals surface area contributed by atoms with Crippen LogP contribution in [-0.2, 0) is 18.8 Å². The average Bonchev–Trinajstić information content (AvgIpc) is 3.27. The van der Waals surface area contributed by atoms with E-state index in [2.05, 4.69) is 25.1 Å². The smallest absolute Gasteiger partial charge is 0.357 e. The van der Waals surface area contributed by atoms with Crippen molar-refractivity contribution >= 4 is 34.2 Å². The van der Waals surface area contributed by atoms with Crippen molar-refractivity contribution in [3.8, 4) is 22.6 Å². The largest absolute Gasteiger partial charge is 0.464 e. The summed E-state index contributed by atoms with van der Waals surface area (Å²) in [6.45, 7) is -5.52. The second-order valence-electron chi connectivity index (χ2n) is 5.17. The molecule has 0 spiro atoms. The van der Waals surface area contributed by atoms with Gasteiger partial charge in [-0.15, -0.1) is 5.10 Å². The van der Waals surface area contributed by atoms with Gasteiger partial charge in [-0.2, -0.15) is 5.10 Å². The number of hydrogen-bond donors (Lipinski definition) is 0. The van der Waals surface area contributed by atoms with Crippen molar-refractivity contribution in [3.63, 3.8) is 0 Å². The molecule has 0 bridgehead atoms. The maximum atomic E-state index is 12.2. The van der Waals surface area contributed by atoms with E-state index in [4.69, 9.17) is 8.22 Å². The quantitative estimate of drug-likeness (QED) is 0.235. The zero-order chi connectivity index (χ0) is 24.9. The molecule has 0 aliphatic rings. The van der Waals surface area contributed by atoms with Crippen LogP contribution in [0.15, 0.2) is 12.3 Å². The predicted molar refractivity (Wildman–Crippen MR) is 102 cm³/mol. The van der Waals surface area contributed by atoms with Gasteiger partial charge in [0.15, 0.2) is 11.4 Å². The summed E-state index contributed by atoms with van der Waals surface area (Å²) in [6, 6.07) is 1.05. The van der Waals surface area contributed by atoms with E-state index in [1.54, 1.807) is 22.6 Å². The fourth-order valence-electron chi connectivity index (χ4n) is 2.41. The van der Waals surface area contributed by atoms with Gasteiger partial charge in [0.05, 0.1) is 27.0 Å². The summed E-state index contributed by atoms with van der Waals surface area (Å²) in [7, 11) is 2.47. The van der Waals surface area contributed by atoms with Gasteiger partial charge in [0, 0.05) is 40.1 Å². The summed E-state index contributed by atoms with van der Waals surface area (Å²) >= 11 is 1.63. The molecule has 3 heterocycles. The summed E-state index contributed by atoms with van der Waals surface area (Å²) in [5.41, 5.74) is -1.92. The molecule has 0 fully saturated rings. The second-order valence-corrected chi connectivity index (χ2v) is 6.25. The summed E-state index contributed by atoms with van der Waals surface area (Å²) in [6.07, 6.45) is 1.15. The molecule has 0 aliphatic carbocycles. The molecule has 0 unspecified atom stereocenters. The summed E-state index contributed by atoms with van der Waals surface area (Å²) in [5.74, 6) is -1.00. The Bertz CT molecular complexity index is 1270. The van der Waals surface area contributed by atoms with Crippen LogP contribution in [0.3, 0.4) is 0 Å². The van der Waals surface area contributed by atoms with Crippen LogP contribution in [0.25, 0.3) is 22.6 Å². The fraction of sp³-hybridized carbons (Fsp3) is 0.267. The Morgan fingerprint density at radius 2 is 2.19 bits per heavy atom. The molecule has 3 rings (SSSR count). The summed E-state index contributed by atoms with van der Waals surface area (Å²) in [4.78, 5) is 27.3. The van der Waals surface area contributed by atoms with Crippen LogP contribution in [0.2, 0.25) is 0 Å². The number of nitro groups is 1. The number of hydrogen-bond acceptors (Lipinski definition) is 8. The van der Waals surface area contributed by atoms with E-state index < -0.39 is 36.1 Å². The number of methoxy groups -OCH3 is 1. The molecule has 0 saturated heterocycles. The number of pyridine rings is 1. The molecular weight excluding hydrogens is 469 g/mol. The lowest BCUT2D eigenvalue weighted by Crippen LogP contribution is -2.09. The number of rotatable bonds is 4. The SMILES string of the molecule is [2H]C([2H])([2H])c1nnn(C)c1-c1cnc(-c2nn(C([2H])([2H])[2H])c(C(=O)OC)c2I)c([N+](=O)[O-])c1. The Labute approximate surface area is 175 Å². The van der Waals surface area contributed by atoms with Crippen molar-refractivity contribution in [1.82, 2.24) is 29.8 Å². The van der Waals surface area contributed by atoms with Crippen LogP contribution in [0.1, 0.15) is 24.4 Å². The topological polar surface area (TPSA) is 131 Å². The molecule has 0 aromatic carbocycles. The van der Waals surface area contributed by atoms with Gasteiger partial charge in [0.2, 0.25) is 0 Å². The molecule has 3 aromatic heterocycles. The van der Waals surface area contributed by atoms with Crippen molar-refractivity contribution in [2.24, 2.45) is 14.0 Å². The maximum absolute atomic E-state index is 12.2. The zero-order valence-electron chi connectivity index (χ0n) is 19.8. The lowest BCUT2D eigenvalue weighted by Gasteiger charge is -2.05. The van der Waals surface area contributed by atoms with Crippen LogP contribution in [-0.4, -0.2) is 47.8 Å². The van der Waals surface area contributed by atoms with E-state index in [-0.39, 0.29) is 31.9 Å². The van der Waals surface area contributed by atoms with Gasteiger partial charge in [-0.1, -0.05) is 5.21 Å². The lowest BCUT2D eigenvalue weighted by molar-refractivity contribution is -0.384. The first kappa shape index (κ1) is 12.5. The van der Waals surface area contributed by atoms with Crippen LogP contribution < -0.4 is 0 Å². The van der Waals surface area contributed by atoms with Crippen molar-refractivity contribution < 1.29 is 22.7 Å². The van der Waals surface area contributed by atoms with E-state index >= 15 is 0 Å². The highest BCUT2D eigenvalue weighted by atomic mass is 127. The predicted octanol–water partition coefficient (Wildman–Crippen LogP) is 1.89. The number of halogens is 1. The average molecular weight is 489 g/mol. The van der Waals surface area contributed by atoms with Gasteiger partial charge in [-0.05, 0) is 29.4 Å². The Morgan fingerprint density at radius 1 is 1.41 bits per heavy atom. The molecule has 3 aromatic rings. The van der Waals surface area contributed by atoms with Crippen LogP contribution in [0, 0.1) is 20.5 Å². The molecule has 0 radical (unpaired) electrons. The summed E-state index contributed by atoms with van der Waals surface area (Å²) in [5, 5.41) is 23.0. The van der Waals surface area contributed by atoms with Gasteiger partial charge in [0.1, 0.15) is 5.69 Å². The number of carbonyl (C=O) groups is 1. The standard InChI is InChI=1S/C15H14IN7O4/c1-7-13(22(3)20-18-7)8-5-9(23(25)26)11(17-6-8)12-10(16)14(15(24)27-4)21(2)19-12/h5-6H,1-4H3/i1D3,2D3. The third-order valence-electron chi connectivity index (χ3n) is 3.60. The van der Waals surface area contributed by atoms with Crippen LogP contribution in [0.5, 0.6) is 0 Å². The highest BCUT2D eigenvalue weighted by Crippen LogP contribution is 2.35. The van der Waals surface area contributed by atoms with Crippen LogP contribution >= 0.6 is 22.6 Å². The first-order chi connectivity index (χ1) is 15.2. The van der Waals surface area contributed by atoms with Crippen molar-refractivity contribution in [3.05, 3.63) is 37.3 Å². The molecule has 27 heavy (non-hydrogen) atoms. The monoisotopic (exact) mass is 489 g/mol. The van der Waals surface area contributed by atoms with Gasteiger partial charge < -0.3 is 4.74 Å². The summed E-state index contributed by atoms with van der Waals surface area (Å²) < 4.78 is 51.9.